The molecule has 0 saturated carbocycles. The van der Waals surface area contributed by atoms with Gasteiger partial charge in [0.1, 0.15) is 5.75 Å². The third-order valence-electron chi connectivity index (χ3n) is 3.36. The maximum absolute atomic E-state index is 12.1. The number of hydrogen-bond donors (Lipinski definition) is 1. The number of rotatable bonds is 8. The van der Waals surface area contributed by atoms with E-state index in [1.165, 1.54) is 0 Å². The first-order valence-corrected chi connectivity index (χ1v) is 8.44. The van der Waals surface area contributed by atoms with Crippen LogP contribution < -0.4 is 19.6 Å². The lowest BCUT2D eigenvalue weighted by molar-refractivity contribution is 0.0955. The van der Waals surface area contributed by atoms with Gasteiger partial charge in [-0.3, -0.25) is 4.79 Å². The van der Waals surface area contributed by atoms with E-state index in [0.29, 0.717) is 23.7 Å². The van der Waals surface area contributed by atoms with Crippen LogP contribution in [0.3, 0.4) is 0 Å². The van der Waals surface area contributed by atoms with E-state index in [9.17, 15) is 4.79 Å². The van der Waals surface area contributed by atoms with Gasteiger partial charge in [0.25, 0.3) is 5.91 Å². The molecule has 0 bridgehead atoms. The van der Waals surface area contributed by atoms with Gasteiger partial charge in [-0.1, -0.05) is 0 Å². The average molecular weight is 356 g/mol. The van der Waals surface area contributed by atoms with Crippen LogP contribution in [0.5, 0.6) is 17.2 Å². The van der Waals surface area contributed by atoms with E-state index in [1.807, 2.05) is 26.8 Å². The maximum Gasteiger partial charge on any atom is 0.271 e. The van der Waals surface area contributed by atoms with Crippen LogP contribution in [0.25, 0.3) is 0 Å². The molecule has 1 N–H and O–H groups in total. The summed E-state index contributed by atoms with van der Waals surface area (Å²) in [5.41, 5.74) is 3.79. The normalized spacial score (nSPS) is 10.8. The Bertz CT molecular complexity index is 755. The van der Waals surface area contributed by atoms with Crippen LogP contribution in [0.15, 0.2) is 47.6 Å². The number of hydrazone groups is 1. The predicted octanol–water partition coefficient (Wildman–Crippen LogP) is 3.65. The fourth-order valence-corrected chi connectivity index (χ4v) is 2.23. The Hall–Kier alpha value is -3.02. The minimum atomic E-state index is -0.296. The number of benzene rings is 2. The second-order valence-corrected chi connectivity index (χ2v) is 5.73. The summed E-state index contributed by atoms with van der Waals surface area (Å²) < 4.78 is 16.3. The number of carbonyl (C=O) groups is 1. The van der Waals surface area contributed by atoms with Crippen molar-refractivity contribution in [2.45, 2.75) is 26.9 Å². The zero-order valence-electron chi connectivity index (χ0n) is 15.5. The van der Waals surface area contributed by atoms with E-state index in [-0.39, 0.29) is 12.0 Å². The Morgan fingerprint density at radius 2 is 1.88 bits per heavy atom. The molecule has 0 atom stereocenters. The number of amides is 1. The molecule has 0 aliphatic rings. The summed E-state index contributed by atoms with van der Waals surface area (Å²) in [6.45, 7) is 6.36. The molecule has 0 heterocycles. The first kappa shape index (κ1) is 19.3. The number of nitrogens with zero attached hydrogens (tertiary/aromatic N) is 1. The number of ether oxygens (including phenoxy) is 3. The summed E-state index contributed by atoms with van der Waals surface area (Å²) >= 11 is 0. The minimum Gasteiger partial charge on any atom is -0.493 e. The lowest BCUT2D eigenvalue weighted by atomic mass is 10.2. The lowest BCUT2D eigenvalue weighted by Crippen LogP contribution is -2.17. The Labute approximate surface area is 153 Å². The van der Waals surface area contributed by atoms with E-state index in [1.54, 1.807) is 49.7 Å². The fourth-order valence-electron chi connectivity index (χ4n) is 2.23. The topological polar surface area (TPSA) is 69.2 Å². The molecule has 0 fully saturated rings. The maximum atomic E-state index is 12.1. The summed E-state index contributed by atoms with van der Waals surface area (Å²) in [4.78, 5) is 12.1. The molecule has 26 heavy (non-hydrogen) atoms. The summed E-state index contributed by atoms with van der Waals surface area (Å²) in [5.74, 6) is 1.71. The molecular formula is C20H24N2O4. The van der Waals surface area contributed by atoms with Crippen molar-refractivity contribution < 1.29 is 19.0 Å². The largest absolute Gasteiger partial charge is 0.493 e. The van der Waals surface area contributed by atoms with Crippen LogP contribution in [-0.4, -0.2) is 31.9 Å². The van der Waals surface area contributed by atoms with Crippen molar-refractivity contribution in [3.05, 3.63) is 53.6 Å². The highest BCUT2D eigenvalue weighted by Gasteiger charge is 2.06. The molecule has 0 radical (unpaired) electrons. The van der Waals surface area contributed by atoms with Gasteiger partial charge < -0.3 is 14.2 Å². The van der Waals surface area contributed by atoms with E-state index in [0.717, 1.165) is 11.3 Å². The van der Waals surface area contributed by atoms with Gasteiger partial charge in [-0.2, -0.15) is 5.10 Å². The van der Waals surface area contributed by atoms with Crippen LogP contribution in [0.2, 0.25) is 0 Å². The molecule has 0 aromatic heterocycles. The highest BCUT2D eigenvalue weighted by atomic mass is 16.5. The molecule has 0 saturated heterocycles. The summed E-state index contributed by atoms with van der Waals surface area (Å²) in [5, 5.41) is 3.99. The molecule has 0 aliphatic carbocycles. The zero-order valence-corrected chi connectivity index (χ0v) is 15.5. The third kappa shape index (κ3) is 5.51. The number of hydrogen-bond acceptors (Lipinski definition) is 5. The molecule has 1 amide bonds. The second kappa shape index (κ2) is 9.46. The van der Waals surface area contributed by atoms with Crippen LogP contribution >= 0.6 is 0 Å². The Morgan fingerprint density at radius 3 is 2.50 bits per heavy atom. The van der Waals surface area contributed by atoms with Crippen LogP contribution in [0.4, 0.5) is 0 Å². The molecule has 0 unspecified atom stereocenters. The van der Waals surface area contributed by atoms with E-state index in [4.69, 9.17) is 14.2 Å². The van der Waals surface area contributed by atoms with Crippen molar-refractivity contribution in [2.75, 3.05) is 13.7 Å². The van der Waals surface area contributed by atoms with Crippen LogP contribution in [0.1, 0.15) is 36.7 Å². The van der Waals surface area contributed by atoms with E-state index in [2.05, 4.69) is 10.5 Å². The number of carbonyl (C=O) groups excluding carboxylic acids is 1. The first-order valence-electron chi connectivity index (χ1n) is 8.44. The monoisotopic (exact) mass is 356 g/mol. The molecule has 0 spiro atoms. The van der Waals surface area contributed by atoms with Gasteiger partial charge in [0, 0.05) is 5.56 Å². The van der Waals surface area contributed by atoms with Gasteiger partial charge in [-0.05, 0) is 68.8 Å². The highest BCUT2D eigenvalue weighted by molar-refractivity contribution is 5.95. The van der Waals surface area contributed by atoms with Gasteiger partial charge in [0.05, 0.1) is 26.0 Å². The van der Waals surface area contributed by atoms with Gasteiger partial charge in [-0.25, -0.2) is 5.43 Å². The minimum absolute atomic E-state index is 0.0883. The zero-order chi connectivity index (χ0) is 18.9. The Kier molecular flexibility index (Phi) is 7.02. The molecule has 6 heteroatoms. The SMILES string of the molecule is CCOc1ccc(/C=N\NC(=O)c2ccc(OC(C)C)cc2)cc1OC. The third-order valence-corrected chi connectivity index (χ3v) is 3.36. The molecular weight excluding hydrogens is 332 g/mol. The van der Waals surface area contributed by atoms with Crippen molar-refractivity contribution in [3.8, 4) is 17.2 Å². The Morgan fingerprint density at radius 1 is 1.15 bits per heavy atom. The fraction of sp³-hybridized carbons (Fsp3) is 0.300. The summed E-state index contributed by atoms with van der Waals surface area (Å²) in [6.07, 6.45) is 1.64. The average Bonchev–Trinajstić information content (AvgIpc) is 2.63. The molecule has 138 valence electrons. The van der Waals surface area contributed by atoms with Crippen LogP contribution in [0, 0.1) is 0 Å². The highest BCUT2D eigenvalue weighted by Crippen LogP contribution is 2.27. The Balaban J connectivity index is 1.98. The van der Waals surface area contributed by atoms with Gasteiger partial charge in [-0.15, -0.1) is 0 Å². The van der Waals surface area contributed by atoms with Gasteiger partial charge in [0.15, 0.2) is 11.5 Å². The summed E-state index contributed by atoms with van der Waals surface area (Å²) in [6, 6.07) is 12.3. The van der Waals surface area contributed by atoms with Crippen LogP contribution in [-0.2, 0) is 0 Å². The van der Waals surface area contributed by atoms with E-state index < -0.39 is 0 Å². The van der Waals surface area contributed by atoms with Crippen molar-refractivity contribution in [3.63, 3.8) is 0 Å². The van der Waals surface area contributed by atoms with E-state index >= 15 is 0 Å². The molecule has 2 aromatic carbocycles. The quantitative estimate of drug-likeness (QED) is 0.579. The first-order chi connectivity index (χ1) is 12.5. The van der Waals surface area contributed by atoms with Crippen molar-refractivity contribution in [1.82, 2.24) is 5.43 Å². The van der Waals surface area contributed by atoms with Crippen molar-refractivity contribution >= 4 is 12.1 Å². The number of methoxy groups -OCH3 is 1. The molecule has 2 rings (SSSR count). The standard InChI is InChI=1S/C20H24N2O4/c1-5-25-18-11-6-15(12-19(18)24-4)13-21-22-20(23)16-7-9-17(10-8-16)26-14(2)3/h6-14H,5H2,1-4H3,(H,22,23)/b21-13-. The molecule has 2 aromatic rings. The molecule has 0 aliphatic heterocycles. The van der Waals surface area contributed by atoms with Gasteiger partial charge in [0.2, 0.25) is 0 Å². The smallest absolute Gasteiger partial charge is 0.271 e. The predicted molar refractivity (Wildman–Crippen MR) is 101 cm³/mol. The molecule has 6 nitrogen and oxygen atoms in total. The van der Waals surface area contributed by atoms with Crippen molar-refractivity contribution in [1.29, 1.82) is 0 Å². The number of nitrogens with one attached hydrogen (secondary N) is 1. The van der Waals surface area contributed by atoms with Crippen molar-refractivity contribution in [2.24, 2.45) is 5.10 Å². The van der Waals surface area contributed by atoms with Gasteiger partial charge >= 0.3 is 0 Å². The lowest BCUT2D eigenvalue weighted by Gasteiger charge is -2.10. The summed E-state index contributed by atoms with van der Waals surface area (Å²) in [7, 11) is 1.58. The second-order valence-electron chi connectivity index (χ2n) is 5.73.